The van der Waals surface area contributed by atoms with Gasteiger partial charge >= 0.3 is 0 Å². The number of anilines is 1. The average molecular weight is 332 g/mol. The van der Waals surface area contributed by atoms with Crippen molar-refractivity contribution in [1.82, 2.24) is 14.5 Å². The summed E-state index contributed by atoms with van der Waals surface area (Å²) < 4.78 is 21.0. The van der Waals surface area contributed by atoms with E-state index >= 15 is 0 Å². The van der Waals surface area contributed by atoms with Gasteiger partial charge in [0, 0.05) is 51.2 Å². The second kappa shape index (κ2) is 7.55. The molecular formula is C17H21FN4O2. The number of rotatable bonds is 5. The molecule has 1 aliphatic rings. The Labute approximate surface area is 139 Å². The van der Waals surface area contributed by atoms with Crippen molar-refractivity contribution in [1.29, 1.82) is 0 Å². The summed E-state index contributed by atoms with van der Waals surface area (Å²) in [5.74, 6) is 0.130. The lowest BCUT2D eigenvalue weighted by atomic mass is 10.1. The number of nitrogens with one attached hydrogen (secondary N) is 1. The van der Waals surface area contributed by atoms with Crippen LogP contribution in [0.4, 0.5) is 10.2 Å². The predicted molar refractivity (Wildman–Crippen MR) is 89.4 cm³/mol. The van der Waals surface area contributed by atoms with E-state index < -0.39 is 0 Å². The second-order valence-corrected chi connectivity index (χ2v) is 5.89. The highest BCUT2D eigenvalue weighted by Gasteiger charge is 2.21. The van der Waals surface area contributed by atoms with E-state index in [2.05, 4.69) is 15.2 Å². The van der Waals surface area contributed by atoms with Crippen LogP contribution in [0, 0.1) is 5.82 Å². The van der Waals surface area contributed by atoms with Crippen LogP contribution in [0.5, 0.6) is 0 Å². The molecule has 7 heteroatoms. The van der Waals surface area contributed by atoms with E-state index in [1.54, 1.807) is 31.6 Å². The van der Waals surface area contributed by atoms with Crippen LogP contribution in [-0.4, -0.2) is 46.8 Å². The third kappa shape index (κ3) is 3.98. The standard InChI is InChI=1S/C17H21FN4O2/c1-21-7-6-19-16(17(21)23)20-10-14-12-22(8-9-24-14)11-13-4-2-3-5-15(13)18/h2-7,14H,8-12H2,1H3,(H,19,20)/t14-/m1/s1. The van der Waals surface area contributed by atoms with Gasteiger partial charge in [-0.05, 0) is 6.07 Å². The van der Waals surface area contributed by atoms with Gasteiger partial charge in [-0.15, -0.1) is 0 Å². The van der Waals surface area contributed by atoms with Crippen LogP contribution in [0.1, 0.15) is 5.56 Å². The van der Waals surface area contributed by atoms with Crippen LogP contribution in [0.2, 0.25) is 0 Å². The first kappa shape index (κ1) is 16.6. The van der Waals surface area contributed by atoms with E-state index in [-0.39, 0.29) is 17.5 Å². The highest BCUT2D eigenvalue weighted by Crippen LogP contribution is 2.13. The number of aryl methyl sites for hydroxylation is 1. The summed E-state index contributed by atoms with van der Waals surface area (Å²) >= 11 is 0. The molecule has 0 unspecified atom stereocenters. The molecule has 1 aromatic heterocycles. The Kier molecular flexibility index (Phi) is 5.22. The van der Waals surface area contributed by atoms with Gasteiger partial charge in [-0.25, -0.2) is 9.37 Å². The second-order valence-electron chi connectivity index (χ2n) is 5.89. The Morgan fingerprint density at radius 2 is 2.25 bits per heavy atom. The minimum atomic E-state index is -0.185. The Bertz CT molecular complexity index is 749. The number of morpholine rings is 1. The zero-order valence-electron chi connectivity index (χ0n) is 13.6. The van der Waals surface area contributed by atoms with E-state index in [9.17, 15) is 9.18 Å². The summed E-state index contributed by atoms with van der Waals surface area (Å²) in [6, 6.07) is 6.81. The quantitative estimate of drug-likeness (QED) is 0.892. The molecule has 24 heavy (non-hydrogen) atoms. The lowest BCUT2D eigenvalue weighted by Crippen LogP contribution is -2.45. The van der Waals surface area contributed by atoms with Gasteiger partial charge in [0.25, 0.3) is 5.56 Å². The number of benzene rings is 1. The third-order valence-electron chi connectivity index (χ3n) is 4.09. The number of aromatic nitrogens is 2. The van der Waals surface area contributed by atoms with Crippen molar-refractivity contribution in [3.63, 3.8) is 0 Å². The lowest BCUT2D eigenvalue weighted by Gasteiger charge is -2.33. The molecule has 2 heterocycles. The van der Waals surface area contributed by atoms with E-state index in [1.807, 2.05) is 6.07 Å². The van der Waals surface area contributed by atoms with Crippen molar-refractivity contribution in [2.75, 3.05) is 31.6 Å². The molecule has 0 bridgehead atoms. The van der Waals surface area contributed by atoms with Gasteiger partial charge in [0.2, 0.25) is 0 Å². The average Bonchev–Trinajstić information content (AvgIpc) is 2.59. The zero-order valence-corrected chi connectivity index (χ0v) is 13.6. The SMILES string of the molecule is Cn1ccnc(NC[C@@H]2CN(Cc3ccccc3F)CCO2)c1=O. The van der Waals surface area contributed by atoms with E-state index in [0.29, 0.717) is 37.6 Å². The van der Waals surface area contributed by atoms with E-state index in [4.69, 9.17) is 4.74 Å². The Balaban J connectivity index is 1.57. The summed E-state index contributed by atoms with van der Waals surface area (Å²) in [7, 11) is 1.68. The van der Waals surface area contributed by atoms with Crippen molar-refractivity contribution >= 4 is 5.82 Å². The van der Waals surface area contributed by atoms with Crippen LogP contribution < -0.4 is 10.9 Å². The van der Waals surface area contributed by atoms with Gasteiger partial charge < -0.3 is 14.6 Å². The monoisotopic (exact) mass is 332 g/mol. The molecule has 1 aromatic carbocycles. The molecule has 3 rings (SSSR count). The maximum absolute atomic E-state index is 13.8. The third-order valence-corrected chi connectivity index (χ3v) is 4.09. The van der Waals surface area contributed by atoms with Gasteiger partial charge in [-0.3, -0.25) is 9.69 Å². The first-order chi connectivity index (χ1) is 11.6. The summed E-state index contributed by atoms with van der Waals surface area (Å²) in [4.78, 5) is 18.1. The maximum Gasteiger partial charge on any atom is 0.293 e. The topological polar surface area (TPSA) is 59.4 Å². The van der Waals surface area contributed by atoms with Gasteiger partial charge in [-0.1, -0.05) is 18.2 Å². The fourth-order valence-corrected chi connectivity index (χ4v) is 2.74. The Morgan fingerprint density at radius 1 is 1.42 bits per heavy atom. The van der Waals surface area contributed by atoms with Crippen LogP contribution in [0.25, 0.3) is 0 Å². The molecular weight excluding hydrogens is 311 g/mol. The summed E-state index contributed by atoms with van der Waals surface area (Å²) in [5, 5.41) is 3.05. The molecule has 2 aromatic rings. The smallest absolute Gasteiger partial charge is 0.293 e. The predicted octanol–water partition coefficient (Wildman–Crippen LogP) is 1.23. The molecule has 128 valence electrons. The molecule has 1 atom stereocenters. The van der Waals surface area contributed by atoms with Crippen molar-refractivity contribution in [3.05, 3.63) is 58.4 Å². The zero-order chi connectivity index (χ0) is 16.9. The largest absolute Gasteiger partial charge is 0.374 e. The van der Waals surface area contributed by atoms with E-state index in [1.165, 1.54) is 10.6 Å². The van der Waals surface area contributed by atoms with Gasteiger partial charge in [0.05, 0.1) is 12.7 Å². The number of hydrogen-bond acceptors (Lipinski definition) is 5. The first-order valence-corrected chi connectivity index (χ1v) is 7.96. The van der Waals surface area contributed by atoms with Crippen molar-refractivity contribution < 1.29 is 9.13 Å². The van der Waals surface area contributed by atoms with Crippen LogP contribution in [0.15, 0.2) is 41.5 Å². The van der Waals surface area contributed by atoms with Crippen molar-refractivity contribution in [3.8, 4) is 0 Å². The molecule has 0 amide bonds. The number of halogens is 1. The Hall–Kier alpha value is -2.25. The number of ether oxygens (including phenoxy) is 1. The lowest BCUT2D eigenvalue weighted by molar-refractivity contribution is -0.0243. The van der Waals surface area contributed by atoms with Gasteiger partial charge in [0.1, 0.15) is 5.82 Å². The highest BCUT2D eigenvalue weighted by molar-refractivity contribution is 5.30. The summed E-state index contributed by atoms with van der Waals surface area (Å²) in [6.07, 6.45) is 3.12. The molecule has 0 aliphatic carbocycles. The minimum Gasteiger partial charge on any atom is -0.374 e. The molecule has 1 fully saturated rings. The number of nitrogens with zero attached hydrogens (tertiary/aromatic N) is 3. The summed E-state index contributed by atoms with van der Waals surface area (Å²) in [5.41, 5.74) is 0.515. The number of hydrogen-bond donors (Lipinski definition) is 1. The molecule has 0 spiro atoms. The van der Waals surface area contributed by atoms with Crippen molar-refractivity contribution in [2.45, 2.75) is 12.6 Å². The fraction of sp³-hybridized carbons (Fsp3) is 0.412. The van der Waals surface area contributed by atoms with Gasteiger partial charge in [-0.2, -0.15) is 0 Å². The Morgan fingerprint density at radius 3 is 3.08 bits per heavy atom. The maximum atomic E-state index is 13.8. The highest BCUT2D eigenvalue weighted by atomic mass is 19.1. The molecule has 6 nitrogen and oxygen atoms in total. The van der Waals surface area contributed by atoms with Crippen LogP contribution in [-0.2, 0) is 18.3 Å². The minimum absolute atomic E-state index is 0.0720. The first-order valence-electron chi connectivity index (χ1n) is 7.96. The molecule has 1 saturated heterocycles. The normalized spacial score (nSPS) is 18.5. The van der Waals surface area contributed by atoms with Crippen LogP contribution >= 0.6 is 0 Å². The van der Waals surface area contributed by atoms with Gasteiger partial charge in [0.15, 0.2) is 5.82 Å². The molecule has 0 saturated carbocycles. The van der Waals surface area contributed by atoms with Crippen molar-refractivity contribution in [2.24, 2.45) is 7.05 Å². The summed E-state index contributed by atoms with van der Waals surface area (Å²) in [6.45, 7) is 3.06. The molecule has 1 aliphatic heterocycles. The van der Waals surface area contributed by atoms with Crippen LogP contribution in [0.3, 0.4) is 0 Å². The molecule has 0 radical (unpaired) electrons. The fourth-order valence-electron chi connectivity index (χ4n) is 2.74. The van der Waals surface area contributed by atoms with E-state index in [0.717, 1.165) is 6.54 Å². The molecule has 1 N–H and O–H groups in total.